The second-order valence-electron chi connectivity index (χ2n) is 9.11. The lowest BCUT2D eigenvalue weighted by atomic mass is 9.99. The van der Waals surface area contributed by atoms with Gasteiger partial charge in [-0.2, -0.15) is 0 Å². The summed E-state index contributed by atoms with van der Waals surface area (Å²) in [4.78, 5) is 16.8. The van der Waals surface area contributed by atoms with Crippen molar-refractivity contribution < 1.29 is 9.53 Å². The first-order chi connectivity index (χ1) is 13.8. The van der Waals surface area contributed by atoms with Crippen LogP contribution in [0.2, 0.25) is 16.6 Å². The molecule has 0 radical (unpaired) electrons. The molecule has 1 unspecified atom stereocenters. The van der Waals surface area contributed by atoms with E-state index in [9.17, 15) is 4.79 Å². The van der Waals surface area contributed by atoms with Crippen LogP contribution >= 0.6 is 0 Å². The molecule has 4 nitrogen and oxygen atoms in total. The van der Waals surface area contributed by atoms with E-state index in [1.807, 2.05) is 18.2 Å². The van der Waals surface area contributed by atoms with E-state index in [2.05, 4.69) is 69.1 Å². The van der Waals surface area contributed by atoms with Crippen molar-refractivity contribution in [3.05, 3.63) is 65.6 Å². The van der Waals surface area contributed by atoms with Crippen LogP contribution in [0.15, 0.2) is 48.9 Å². The first-order valence-corrected chi connectivity index (χ1v) is 12.7. The Balaban J connectivity index is 1.96. The maximum atomic E-state index is 12.6. The second-order valence-corrected chi connectivity index (χ2v) is 14.8. The molecule has 29 heavy (non-hydrogen) atoms. The molecule has 5 heteroatoms. The van der Waals surface area contributed by atoms with Gasteiger partial charge in [0.25, 0.3) is 0 Å². The molecule has 4 rings (SSSR count). The van der Waals surface area contributed by atoms with E-state index in [1.54, 1.807) is 12.4 Å². The molecule has 0 N–H and O–H groups in total. The number of benzene rings is 1. The topological polar surface area (TPSA) is 44.1 Å². The molecule has 1 aliphatic rings. The van der Waals surface area contributed by atoms with E-state index in [0.717, 1.165) is 16.5 Å². The molecule has 1 atom stereocenters. The van der Waals surface area contributed by atoms with Crippen LogP contribution in [0.1, 0.15) is 69.1 Å². The molecule has 0 saturated heterocycles. The lowest BCUT2D eigenvalue weighted by molar-refractivity contribution is 0.0455. The summed E-state index contributed by atoms with van der Waals surface area (Å²) >= 11 is 0. The average molecular weight is 407 g/mol. The summed E-state index contributed by atoms with van der Waals surface area (Å²) in [6.45, 7) is 14.2. The van der Waals surface area contributed by atoms with Crippen molar-refractivity contribution in [1.29, 1.82) is 0 Å². The van der Waals surface area contributed by atoms with Gasteiger partial charge in [-0.3, -0.25) is 4.98 Å². The van der Waals surface area contributed by atoms with Crippen LogP contribution in [0.5, 0.6) is 0 Å². The first-order valence-electron chi connectivity index (χ1n) is 10.5. The molecule has 3 aromatic rings. The van der Waals surface area contributed by atoms with Crippen molar-refractivity contribution in [2.75, 3.05) is 0 Å². The van der Waals surface area contributed by atoms with Gasteiger partial charge in [0.15, 0.2) is 14.3 Å². The van der Waals surface area contributed by atoms with Crippen molar-refractivity contribution in [3.63, 3.8) is 0 Å². The minimum Gasteiger partial charge on any atom is -0.449 e. The highest BCUT2D eigenvalue weighted by Crippen LogP contribution is 2.45. The summed E-state index contributed by atoms with van der Waals surface area (Å²) < 4.78 is 8.34. The quantitative estimate of drug-likeness (QED) is 0.368. The SMILES string of the molecule is CC(C)[Si](C(C)C)(C(C)C)n1ccc2cc3c(cc21)C(c1cccnc1)OC3=O. The van der Waals surface area contributed by atoms with Crippen molar-refractivity contribution >= 4 is 25.1 Å². The molecule has 1 aromatic carbocycles. The Morgan fingerprint density at radius 2 is 1.72 bits per heavy atom. The Morgan fingerprint density at radius 1 is 1.03 bits per heavy atom. The first kappa shape index (κ1) is 19.9. The Kier molecular flexibility index (Phi) is 4.89. The van der Waals surface area contributed by atoms with Gasteiger partial charge in [0.2, 0.25) is 0 Å². The average Bonchev–Trinajstić information content (AvgIpc) is 3.22. The molecular weight excluding hydrogens is 376 g/mol. The highest BCUT2D eigenvalue weighted by Gasteiger charge is 2.46. The summed E-state index contributed by atoms with van der Waals surface area (Å²) in [6, 6.07) is 10.2. The van der Waals surface area contributed by atoms with Crippen LogP contribution in [-0.4, -0.2) is 23.4 Å². The molecule has 0 aliphatic carbocycles. The van der Waals surface area contributed by atoms with E-state index in [4.69, 9.17) is 4.74 Å². The van der Waals surface area contributed by atoms with E-state index >= 15 is 0 Å². The second kappa shape index (κ2) is 7.13. The van der Waals surface area contributed by atoms with Gasteiger partial charge in [-0.05, 0) is 52.5 Å². The monoisotopic (exact) mass is 406 g/mol. The summed E-state index contributed by atoms with van der Waals surface area (Å²) in [5.74, 6) is -0.247. The molecule has 2 aromatic heterocycles. The number of fused-ring (bicyclic) bond motifs is 2. The van der Waals surface area contributed by atoms with Gasteiger partial charge in [0, 0.05) is 29.0 Å². The molecule has 0 bridgehead atoms. The number of ether oxygens (including phenoxy) is 1. The van der Waals surface area contributed by atoms with E-state index in [-0.39, 0.29) is 12.1 Å². The Labute approximate surface area is 174 Å². The number of carbonyl (C=O) groups is 1. The number of hydrogen-bond donors (Lipinski definition) is 0. The third kappa shape index (κ3) is 2.86. The summed E-state index contributed by atoms with van der Waals surface area (Å²) in [5.41, 5.74) is 5.55. The minimum absolute atomic E-state index is 0.247. The van der Waals surface area contributed by atoms with Crippen LogP contribution in [0.25, 0.3) is 10.9 Å². The summed E-state index contributed by atoms with van der Waals surface area (Å²) in [5, 5.41) is 1.12. The number of cyclic esters (lactones) is 1. The molecule has 0 amide bonds. The Hall–Kier alpha value is -2.40. The van der Waals surface area contributed by atoms with Gasteiger partial charge in [0.05, 0.1) is 5.56 Å². The molecular formula is C24H30N2O2Si. The maximum Gasteiger partial charge on any atom is 0.339 e. The number of pyridine rings is 1. The lowest BCUT2D eigenvalue weighted by Crippen LogP contribution is -2.51. The van der Waals surface area contributed by atoms with Crippen LogP contribution in [0, 0.1) is 0 Å². The largest absolute Gasteiger partial charge is 0.449 e. The smallest absolute Gasteiger partial charge is 0.339 e. The maximum absolute atomic E-state index is 12.6. The predicted molar refractivity (Wildman–Crippen MR) is 120 cm³/mol. The number of hydrogen-bond acceptors (Lipinski definition) is 3. The van der Waals surface area contributed by atoms with Gasteiger partial charge >= 0.3 is 5.97 Å². The fourth-order valence-electron chi connectivity index (χ4n) is 5.78. The van der Waals surface area contributed by atoms with Gasteiger partial charge in [-0.15, -0.1) is 0 Å². The van der Waals surface area contributed by atoms with Crippen molar-refractivity contribution in [1.82, 2.24) is 9.22 Å². The van der Waals surface area contributed by atoms with Gasteiger partial charge < -0.3 is 8.97 Å². The van der Waals surface area contributed by atoms with E-state index in [1.165, 1.54) is 5.52 Å². The van der Waals surface area contributed by atoms with E-state index in [0.29, 0.717) is 22.2 Å². The van der Waals surface area contributed by atoms with Crippen LogP contribution in [0.4, 0.5) is 0 Å². The van der Waals surface area contributed by atoms with Gasteiger partial charge in [-0.1, -0.05) is 47.6 Å². The van der Waals surface area contributed by atoms with Crippen molar-refractivity contribution in [3.8, 4) is 0 Å². The van der Waals surface area contributed by atoms with Crippen molar-refractivity contribution in [2.24, 2.45) is 0 Å². The molecule has 0 spiro atoms. The zero-order valence-corrected chi connectivity index (χ0v) is 19.1. The summed E-state index contributed by atoms with van der Waals surface area (Å²) in [7, 11) is -1.89. The fourth-order valence-corrected chi connectivity index (χ4v) is 12.4. The molecule has 1 aliphatic heterocycles. The molecule has 3 heterocycles. The number of aromatic nitrogens is 2. The third-order valence-electron chi connectivity index (χ3n) is 6.77. The lowest BCUT2D eigenvalue weighted by Gasteiger charge is -2.44. The predicted octanol–water partition coefficient (Wildman–Crippen LogP) is 6.32. The van der Waals surface area contributed by atoms with Crippen LogP contribution in [-0.2, 0) is 4.74 Å². The van der Waals surface area contributed by atoms with Crippen molar-refractivity contribution in [2.45, 2.75) is 64.3 Å². The zero-order valence-electron chi connectivity index (χ0n) is 18.1. The normalized spacial score (nSPS) is 16.9. The zero-order chi connectivity index (χ0) is 20.9. The Morgan fingerprint density at radius 3 is 2.31 bits per heavy atom. The molecule has 152 valence electrons. The van der Waals surface area contributed by atoms with Crippen LogP contribution in [0.3, 0.4) is 0 Å². The fraction of sp³-hybridized carbons (Fsp3) is 0.417. The highest BCUT2D eigenvalue weighted by molar-refractivity contribution is 6.82. The van der Waals surface area contributed by atoms with Gasteiger partial charge in [0.1, 0.15) is 0 Å². The van der Waals surface area contributed by atoms with Gasteiger partial charge in [-0.25, -0.2) is 4.79 Å². The molecule has 0 saturated carbocycles. The van der Waals surface area contributed by atoms with Crippen LogP contribution < -0.4 is 0 Å². The Bertz CT molecular complexity index is 1030. The minimum atomic E-state index is -1.89. The third-order valence-corrected chi connectivity index (χ3v) is 13.5. The highest BCUT2D eigenvalue weighted by atomic mass is 28.3. The number of carbonyl (C=O) groups excluding carboxylic acids is 1. The van der Waals surface area contributed by atoms with E-state index < -0.39 is 8.24 Å². The number of rotatable bonds is 5. The summed E-state index contributed by atoms with van der Waals surface area (Å²) in [6.07, 6.45) is 5.40. The number of nitrogens with zero attached hydrogens (tertiary/aromatic N) is 2. The number of esters is 1. The molecule has 0 fully saturated rings. The standard InChI is InChI=1S/C24H30N2O2Si/c1-15(2)29(16(3)4,17(5)6)26-11-9-18-12-21-20(13-22(18)26)23(28-24(21)27)19-8-7-10-25-14-19/h7-17,23H,1-6H3.